The maximum atomic E-state index is 11.8. The van der Waals surface area contributed by atoms with Crippen molar-refractivity contribution in [1.29, 1.82) is 0 Å². The van der Waals surface area contributed by atoms with Crippen LogP contribution < -0.4 is 0 Å². The molecule has 14 heteroatoms. The lowest BCUT2D eigenvalue weighted by Gasteiger charge is -2.31. The van der Waals surface area contributed by atoms with Crippen LogP contribution in [0.4, 0.5) is 4.79 Å². The van der Waals surface area contributed by atoms with Crippen LogP contribution in [-0.2, 0) is 51.4 Å². The molecule has 1 fully saturated rings. The van der Waals surface area contributed by atoms with Crippen LogP contribution in [0.5, 0.6) is 0 Å². The predicted molar refractivity (Wildman–Crippen MR) is 150 cm³/mol. The fourth-order valence-corrected chi connectivity index (χ4v) is 3.02. The van der Waals surface area contributed by atoms with Crippen molar-refractivity contribution in [3.8, 4) is 0 Å². The Morgan fingerprint density at radius 2 is 1.37 bits per heavy atom. The number of benzene rings is 2. The van der Waals surface area contributed by atoms with E-state index >= 15 is 0 Å². The molecule has 43 heavy (non-hydrogen) atoms. The number of hydrogen-bond donors (Lipinski definition) is 4. The summed E-state index contributed by atoms with van der Waals surface area (Å²) < 4.78 is 15.2. The number of carboxylic acids is 3. The number of carbonyl (C=O) groups excluding carboxylic acids is 3. The Morgan fingerprint density at radius 3 is 1.81 bits per heavy atom. The molecule has 1 aliphatic rings. The standard InChI is InChI=1S/C13H15NO5.C12H16O3.C2H2O3.C2H4O2/c15-12(16)11-14(7-4-8-18-11)13(17)19-9-10-5-2-1-3-6-10;13-9-5-4-8-12(14)15-10-11-6-2-1-3-7-11;3-1-2(4)5;1-2(3)4/h1-3,5-6,11H,4,7-9H2,(H,15,16);1-3,6-7,13H,4-5,8-10H2;1H,(H,4,5);1H3,(H,3,4). The summed E-state index contributed by atoms with van der Waals surface area (Å²) >= 11 is 0. The Bertz CT molecular complexity index is 1110. The van der Waals surface area contributed by atoms with E-state index in [0.29, 0.717) is 45.4 Å². The largest absolute Gasteiger partial charge is 0.481 e. The number of amides is 1. The Kier molecular flexibility index (Phi) is 21.2. The first-order valence-corrected chi connectivity index (χ1v) is 13.0. The molecule has 3 rings (SSSR count). The van der Waals surface area contributed by atoms with Gasteiger partial charge in [0.05, 0.1) is 6.61 Å². The topological polar surface area (TPSA) is 214 Å². The monoisotopic (exact) mass is 607 g/mol. The molecule has 0 saturated carbocycles. The number of aliphatic hydroxyl groups excluding tert-OH is 1. The Balaban J connectivity index is 0.000000652. The zero-order valence-electron chi connectivity index (χ0n) is 23.7. The quantitative estimate of drug-likeness (QED) is 0.132. The zero-order chi connectivity index (χ0) is 32.5. The van der Waals surface area contributed by atoms with Crippen LogP contribution in [0.3, 0.4) is 0 Å². The third-order valence-electron chi connectivity index (χ3n) is 4.89. The Morgan fingerprint density at radius 1 is 0.884 bits per heavy atom. The molecule has 2 aromatic rings. The summed E-state index contributed by atoms with van der Waals surface area (Å²) in [5.41, 5.74) is 1.84. The van der Waals surface area contributed by atoms with Gasteiger partial charge in [0.2, 0.25) is 12.5 Å². The number of rotatable bonds is 10. The van der Waals surface area contributed by atoms with Crippen molar-refractivity contribution in [2.75, 3.05) is 19.8 Å². The smallest absolute Gasteiger partial charge is 0.412 e. The van der Waals surface area contributed by atoms with Gasteiger partial charge in [-0.25, -0.2) is 14.4 Å². The molecule has 1 heterocycles. The molecule has 0 radical (unpaired) electrons. The molecular formula is C29H37NO13. The minimum atomic E-state index is -1.43. The van der Waals surface area contributed by atoms with E-state index in [4.69, 9.17) is 49.0 Å². The van der Waals surface area contributed by atoms with Crippen LogP contribution in [0.2, 0.25) is 0 Å². The van der Waals surface area contributed by atoms with E-state index in [9.17, 15) is 14.4 Å². The fourth-order valence-electron chi connectivity index (χ4n) is 3.02. The molecule has 0 spiro atoms. The molecule has 2 aromatic carbocycles. The Hall–Kier alpha value is -4.82. The lowest BCUT2D eigenvalue weighted by Crippen LogP contribution is -2.50. The number of carboxylic acid groups (broad SMARTS) is 3. The van der Waals surface area contributed by atoms with Crippen molar-refractivity contribution in [2.45, 2.75) is 52.0 Å². The number of ether oxygens (including phenoxy) is 3. The van der Waals surface area contributed by atoms with Crippen molar-refractivity contribution in [3.63, 3.8) is 0 Å². The van der Waals surface area contributed by atoms with Gasteiger partial charge in [-0.1, -0.05) is 60.7 Å². The van der Waals surface area contributed by atoms with Crippen molar-refractivity contribution >= 4 is 36.3 Å². The van der Waals surface area contributed by atoms with Crippen LogP contribution in [0.1, 0.15) is 43.7 Å². The summed E-state index contributed by atoms with van der Waals surface area (Å²) in [6, 6.07) is 18.8. The first kappa shape index (κ1) is 38.2. The van der Waals surface area contributed by atoms with Crippen LogP contribution in [-0.4, -0.2) is 87.6 Å². The molecule has 0 aliphatic carbocycles. The molecule has 1 amide bonds. The van der Waals surface area contributed by atoms with Gasteiger partial charge in [-0.3, -0.25) is 19.3 Å². The summed E-state index contributed by atoms with van der Waals surface area (Å²) in [6.07, 6.45) is 0.232. The van der Waals surface area contributed by atoms with Crippen molar-refractivity contribution < 1.29 is 63.4 Å². The second-order valence-electron chi connectivity index (χ2n) is 8.45. The summed E-state index contributed by atoms with van der Waals surface area (Å²) in [4.78, 5) is 62.0. The normalized spacial score (nSPS) is 13.2. The molecule has 0 aromatic heterocycles. The van der Waals surface area contributed by atoms with Gasteiger partial charge < -0.3 is 34.6 Å². The average Bonchev–Trinajstić information content (AvgIpc) is 3.00. The predicted octanol–water partition coefficient (Wildman–Crippen LogP) is 2.71. The lowest BCUT2D eigenvalue weighted by molar-refractivity contribution is -0.168. The van der Waals surface area contributed by atoms with E-state index in [1.165, 1.54) is 0 Å². The minimum absolute atomic E-state index is 0.114. The van der Waals surface area contributed by atoms with Crippen molar-refractivity contribution in [2.24, 2.45) is 0 Å². The molecule has 0 bridgehead atoms. The van der Waals surface area contributed by atoms with Gasteiger partial charge in [0.1, 0.15) is 13.2 Å². The van der Waals surface area contributed by atoms with Crippen molar-refractivity contribution in [3.05, 3.63) is 71.8 Å². The summed E-state index contributed by atoms with van der Waals surface area (Å²) in [7, 11) is 0. The summed E-state index contributed by atoms with van der Waals surface area (Å²) in [5, 5.41) is 32.3. The van der Waals surface area contributed by atoms with E-state index < -0.39 is 30.2 Å². The highest BCUT2D eigenvalue weighted by atomic mass is 16.6. The van der Waals surface area contributed by atoms with Gasteiger partial charge in [0, 0.05) is 26.5 Å². The number of hydrogen-bond acceptors (Lipinski definition) is 10. The molecule has 1 saturated heterocycles. The molecule has 236 valence electrons. The second kappa shape index (κ2) is 23.8. The second-order valence-corrected chi connectivity index (χ2v) is 8.45. The van der Waals surface area contributed by atoms with E-state index in [-0.39, 0.29) is 25.5 Å². The van der Waals surface area contributed by atoms with E-state index in [0.717, 1.165) is 23.0 Å². The van der Waals surface area contributed by atoms with Gasteiger partial charge >= 0.3 is 24.0 Å². The highest BCUT2D eigenvalue weighted by Gasteiger charge is 2.34. The first-order chi connectivity index (χ1) is 20.5. The maximum Gasteiger partial charge on any atom is 0.412 e. The third-order valence-corrected chi connectivity index (χ3v) is 4.89. The highest BCUT2D eigenvalue weighted by molar-refractivity contribution is 6.19. The minimum Gasteiger partial charge on any atom is -0.481 e. The molecular weight excluding hydrogens is 570 g/mol. The van der Waals surface area contributed by atoms with Gasteiger partial charge in [-0.15, -0.1) is 0 Å². The van der Waals surface area contributed by atoms with Gasteiger partial charge in [0.15, 0.2) is 0 Å². The maximum absolute atomic E-state index is 11.8. The highest BCUT2D eigenvalue weighted by Crippen LogP contribution is 2.13. The van der Waals surface area contributed by atoms with Crippen LogP contribution in [0.15, 0.2) is 60.7 Å². The van der Waals surface area contributed by atoms with Gasteiger partial charge in [-0.2, -0.15) is 0 Å². The summed E-state index contributed by atoms with van der Waals surface area (Å²) in [6.45, 7) is 2.32. The van der Waals surface area contributed by atoms with E-state index in [1.807, 2.05) is 60.7 Å². The molecule has 1 unspecified atom stereocenters. The number of esters is 1. The van der Waals surface area contributed by atoms with Crippen molar-refractivity contribution in [1.82, 2.24) is 4.90 Å². The first-order valence-electron chi connectivity index (χ1n) is 13.0. The number of nitrogens with zero attached hydrogens (tertiary/aromatic N) is 1. The molecule has 14 nitrogen and oxygen atoms in total. The number of aliphatic carboxylic acids is 3. The average molecular weight is 608 g/mol. The Labute approximate surface area is 248 Å². The molecule has 1 atom stereocenters. The van der Waals surface area contributed by atoms with E-state index in [1.54, 1.807) is 0 Å². The number of aldehydes is 1. The third kappa shape index (κ3) is 20.7. The van der Waals surface area contributed by atoms with Crippen LogP contribution in [0.25, 0.3) is 0 Å². The van der Waals surface area contributed by atoms with Crippen LogP contribution in [0, 0.1) is 0 Å². The number of aliphatic hydroxyl groups is 1. The fraction of sp³-hybridized carbons (Fsp3) is 0.379. The SMILES string of the molecule is CC(=O)O.O=C(CCCCO)OCc1ccccc1.O=C(O)C1OCCCN1C(=O)OCc1ccccc1.O=CC(=O)O. The van der Waals surface area contributed by atoms with Crippen LogP contribution >= 0.6 is 0 Å². The zero-order valence-corrected chi connectivity index (χ0v) is 23.7. The molecule has 1 aliphatic heterocycles. The lowest BCUT2D eigenvalue weighted by atomic mass is 10.2. The van der Waals surface area contributed by atoms with Gasteiger partial charge in [-0.05, 0) is 30.4 Å². The molecule has 4 N–H and O–H groups in total. The number of carbonyl (C=O) groups is 6. The number of unbranched alkanes of at least 4 members (excludes halogenated alkanes) is 1. The summed E-state index contributed by atoms with van der Waals surface area (Å²) in [5.74, 6) is -3.64. The van der Waals surface area contributed by atoms with Gasteiger partial charge in [0.25, 0.3) is 5.97 Å². The van der Waals surface area contributed by atoms with E-state index in [2.05, 4.69) is 0 Å².